The predicted octanol–water partition coefficient (Wildman–Crippen LogP) is 6.04. The Bertz CT molecular complexity index is 360. The van der Waals surface area contributed by atoms with E-state index in [9.17, 15) is 0 Å². The summed E-state index contributed by atoms with van der Waals surface area (Å²) in [5, 5.41) is 0. The Kier molecular flexibility index (Phi) is 13.7. The summed E-state index contributed by atoms with van der Waals surface area (Å²) in [5.41, 5.74) is 5.99. The Labute approximate surface area is 157 Å². The Morgan fingerprint density at radius 1 is 0.920 bits per heavy atom. The van der Waals surface area contributed by atoms with Crippen LogP contribution in [0.15, 0.2) is 17.1 Å². The summed E-state index contributed by atoms with van der Waals surface area (Å²) in [5.74, 6) is 1.25. The van der Waals surface area contributed by atoms with Crippen LogP contribution in [0.25, 0.3) is 0 Å². The maximum atomic E-state index is 5.99. The van der Waals surface area contributed by atoms with E-state index < -0.39 is 0 Å². The van der Waals surface area contributed by atoms with Crippen LogP contribution in [0.3, 0.4) is 0 Å². The van der Waals surface area contributed by atoms with E-state index in [1.165, 1.54) is 89.3 Å². The molecular weight excluding hydrogens is 306 g/mol. The van der Waals surface area contributed by atoms with Crippen molar-refractivity contribution >= 4 is 5.84 Å². The molecule has 3 heteroatoms. The van der Waals surface area contributed by atoms with E-state index in [1.54, 1.807) is 0 Å². The lowest BCUT2D eigenvalue weighted by Gasteiger charge is -2.24. The van der Waals surface area contributed by atoms with Gasteiger partial charge in [0.2, 0.25) is 0 Å². The number of hydrogen-bond donors (Lipinski definition) is 1. The fraction of sp³-hybridized carbons (Fsp3) is 0.864. The molecule has 0 aromatic carbocycles. The maximum absolute atomic E-state index is 5.99. The molecule has 0 aliphatic carbocycles. The molecule has 3 nitrogen and oxygen atoms in total. The van der Waals surface area contributed by atoms with Crippen LogP contribution in [0.4, 0.5) is 0 Å². The zero-order valence-electron chi connectivity index (χ0n) is 17.0. The number of hydrogen-bond acceptors (Lipinski definition) is 3. The smallest absolute Gasteiger partial charge is 0.100 e. The van der Waals surface area contributed by atoms with Crippen LogP contribution in [-0.2, 0) is 0 Å². The molecule has 0 fully saturated rings. The molecule has 0 aromatic rings. The van der Waals surface area contributed by atoms with Gasteiger partial charge in [-0.1, -0.05) is 76.9 Å². The molecule has 1 heterocycles. The first kappa shape index (κ1) is 22.2. The normalized spacial score (nSPS) is 16.0. The molecule has 2 N–H and O–H groups in total. The van der Waals surface area contributed by atoms with Crippen LogP contribution in [0.1, 0.15) is 104 Å². The van der Waals surface area contributed by atoms with E-state index in [-0.39, 0.29) is 6.17 Å². The summed E-state index contributed by atoms with van der Waals surface area (Å²) in [6.07, 6.45) is 23.6. The quantitative estimate of drug-likeness (QED) is 0.272. The summed E-state index contributed by atoms with van der Waals surface area (Å²) < 4.78 is 0. The molecule has 25 heavy (non-hydrogen) atoms. The minimum Gasteiger partial charge on any atom is -0.343 e. The number of amidine groups is 1. The zero-order valence-corrected chi connectivity index (χ0v) is 17.0. The molecule has 1 aliphatic rings. The molecule has 146 valence electrons. The molecular formula is C22H43N3. The Hall–Kier alpha value is -0.830. The Balaban J connectivity index is 1.81. The van der Waals surface area contributed by atoms with Crippen LogP contribution in [-0.4, -0.2) is 30.0 Å². The lowest BCUT2D eigenvalue weighted by atomic mass is 10.1. The van der Waals surface area contributed by atoms with E-state index >= 15 is 0 Å². The number of nitrogens with two attached hydrogens (primary N) is 1. The lowest BCUT2D eigenvalue weighted by molar-refractivity contribution is 0.358. The third kappa shape index (κ3) is 11.4. The van der Waals surface area contributed by atoms with Gasteiger partial charge >= 0.3 is 0 Å². The van der Waals surface area contributed by atoms with Gasteiger partial charge in [0.15, 0.2) is 0 Å². The predicted molar refractivity (Wildman–Crippen MR) is 112 cm³/mol. The second kappa shape index (κ2) is 15.4. The summed E-state index contributed by atoms with van der Waals surface area (Å²) in [7, 11) is 0. The summed E-state index contributed by atoms with van der Waals surface area (Å²) >= 11 is 0. The molecule has 1 atom stereocenters. The van der Waals surface area contributed by atoms with Gasteiger partial charge in [0.1, 0.15) is 5.84 Å². The highest BCUT2D eigenvalue weighted by molar-refractivity contribution is 5.83. The highest BCUT2D eigenvalue weighted by Gasteiger charge is 2.18. The molecule has 0 saturated heterocycles. The molecule has 1 aliphatic heterocycles. The van der Waals surface area contributed by atoms with Crippen molar-refractivity contribution in [3.63, 3.8) is 0 Å². The second-order valence-corrected chi connectivity index (χ2v) is 7.57. The van der Waals surface area contributed by atoms with Crippen molar-refractivity contribution in [1.29, 1.82) is 0 Å². The first-order valence-electron chi connectivity index (χ1n) is 11.0. The highest BCUT2D eigenvalue weighted by atomic mass is 15.3. The third-order valence-corrected chi connectivity index (χ3v) is 5.12. The maximum Gasteiger partial charge on any atom is 0.100 e. The molecule has 1 rings (SSSR count). The third-order valence-electron chi connectivity index (χ3n) is 5.12. The first-order valence-corrected chi connectivity index (χ1v) is 11.0. The van der Waals surface area contributed by atoms with Gasteiger partial charge in [-0.15, -0.1) is 0 Å². The van der Waals surface area contributed by atoms with Gasteiger partial charge in [-0.3, -0.25) is 4.99 Å². The number of allylic oxidation sites excluding steroid dienone is 2. The Morgan fingerprint density at radius 2 is 1.48 bits per heavy atom. The fourth-order valence-electron chi connectivity index (χ4n) is 3.51. The van der Waals surface area contributed by atoms with Crippen LogP contribution < -0.4 is 5.73 Å². The average Bonchev–Trinajstić information content (AvgIpc) is 3.07. The minimum absolute atomic E-state index is 0.119. The minimum atomic E-state index is 0.119. The van der Waals surface area contributed by atoms with Crippen LogP contribution in [0, 0.1) is 0 Å². The van der Waals surface area contributed by atoms with Gasteiger partial charge in [0.25, 0.3) is 0 Å². The van der Waals surface area contributed by atoms with Gasteiger partial charge in [0.05, 0.1) is 12.7 Å². The van der Waals surface area contributed by atoms with Crippen molar-refractivity contribution in [2.75, 3.05) is 13.1 Å². The second-order valence-electron chi connectivity index (χ2n) is 7.57. The SMILES string of the molecule is CCCC/C=C/CCCCCCCCCCCC1=NCCN1C(C)N. The van der Waals surface area contributed by atoms with E-state index in [1.807, 2.05) is 0 Å². The van der Waals surface area contributed by atoms with E-state index in [0.29, 0.717) is 0 Å². The molecule has 0 spiro atoms. The largest absolute Gasteiger partial charge is 0.343 e. The Morgan fingerprint density at radius 3 is 2.08 bits per heavy atom. The molecule has 0 bridgehead atoms. The zero-order chi connectivity index (χ0) is 18.2. The van der Waals surface area contributed by atoms with Crippen LogP contribution >= 0.6 is 0 Å². The van der Waals surface area contributed by atoms with Gasteiger partial charge in [-0.05, 0) is 32.6 Å². The summed E-state index contributed by atoms with van der Waals surface area (Å²) in [4.78, 5) is 6.86. The van der Waals surface area contributed by atoms with Crippen molar-refractivity contribution in [3.8, 4) is 0 Å². The van der Waals surface area contributed by atoms with Crippen molar-refractivity contribution in [3.05, 3.63) is 12.2 Å². The van der Waals surface area contributed by atoms with Gasteiger partial charge < -0.3 is 10.6 Å². The van der Waals surface area contributed by atoms with Crippen molar-refractivity contribution in [2.45, 2.75) is 110 Å². The van der Waals surface area contributed by atoms with E-state index in [0.717, 1.165) is 19.5 Å². The van der Waals surface area contributed by atoms with Gasteiger partial charge in [-0.25, -0.2) is 0 Å². The fourth-order valence-corrected chi connectivity index (χ4v) is 3.51. The highest BCUT2D eigenvalue weighted by Crippen LogP contribution is 2.14. The van der Waals surface area contributed by atoms with Gasteiger partial charge in [-0.2, -0.15) is 0 Å². The van der Waals surface area contributed by atoms with Crippen LogP contribution in [0.5, 0.6) is 0 Å². The number of unbranched alkanes of at least 4 members (excludes halogenated alkanes) is 11. The molecule has 0 radical (unpaired) electrons. The van der Waals surface area contributed by atoms with E-state index in [4.69, 9.17) is 5.73 Å². The lowest BCUT2D eigenvalue weighted by Crippen LogP contribution is -2.41. The van der Waals surface area contributed by atoms with Crippen molar-refractivity contribution in [2.24, 2.45) is 10.7 Å². The van der Waals surface area contributed by atoms with E-state index in [2.05, 4.69) is 35.9 Å². The van der Waals surface area contributed by atoms with Crippen LogP contribution in [0.2, 0.25) is 0 Å². The molecule has 0 aromatic heterocycles. The first-order chi connectivity index (χ1) is 12.3. The summed E-state index contributed by atoms with van der Waals surface area (Å²) in [6, 6.07) is 0. The number of nitrogens with zero attached hydrogens (tertiary/aromatic N) is 2. The molecule has 0 amide bonds. The number of aliphatic imine (C=N–C) groups is 1. The monoisotopic (exact) mass is 349 g/mol. The standard InChI is InChI=1S/C22H43N3/c1-3-4-5-6-7-8-9-10-11-12-13-14-15-16-17-18-22-24-19-20-25(22)21(2)23/h6-7,21H,3-5,8-20,23H2,1-2H3/b7-6+. The number of rotatable bonds is 16. The molecule has 1 unspecified atom stereocenters. The molecule has 0 saturated carbocycles. The average molecular weight is 350 g/mol. The summed E-state index contributed by atoms with van der Waals surface area (Å²) in [6.45, 7) is 6.27. The van der Waals surface area contributed by atoms with Crippen molar-refractivity contribution < 1.29 is 0 Å². The topological polar surface area (TPSA) is 41.6 Å². The van der Waals surface area contributed by atoms with Gasteiger partial charge in [0, 0.05) is 13.0 Å². The van der Waals surface area contributed by atoms with Crippen molar-refractivity contribution in [1.82, 2.24) is 4.90 Å².